The number of rotatable bonds is 7. The highest BCUT2D eigenvalue weighted by molar-refractivity contribution is 5.94. The third kappa shape index (κ3) is 5.94. The lowest BCUT2D eigenvalue weighted by atomic mass is 10.1. The molecule has 0 aliphatic carbocycles. The summed E-state index contributed by atoms with van der Waals surface area (Å²) in [6, 6.07) is 14.4. The number of para-hydroxylation sites is 1. The number of aryl methyl sites for hydroxylation is 1. The van der Waals surface area contributed by atoms with Crippen LogP contribution in [0.1, 0.15) is 22.3 Å². The van der Waals surface area contributed by atoms with E-state index in [9.17, 15) is 14.0 Å². The maximum Gasteiger partial charge on any atom is 0.314 e. The average Bonchev–Trinajstić information content (AvgIpc) is 3.21. The van der Waals surface area contributed by atoms with Gasteiger partial charge in [-0.3, -0.25) is 4.79 Å². The predicted octanol–water partition coefficient (Wildman–Crippen LogP) is 2.69. The van der Waals surface area contributed by atoms with Gasteiger partial charge < -0.3 is 20.9 Å². The first-order chi connectivity index (χ1) is 14.0. The molecule has 1 aliphatic rings. The average molecular weight is 398 g/mol. The van der Waals surface area contributed by atoms with Gasteiger partial charge in [0.2, 0.25) is 0 Å². The summed E-state index contributed by atoms with van der Waals surface area (Å²) >= 11 is 0. The number of amides is 3. The minimum Gasteiger partial charge on any atom is -0.371 e. The molecule has 2 aromatic rings. The molecule has 1 fully saturated rings. The molecule has 154 valence electrons. The highest BCUT2D eigenvalue weighted by atomic mass is 19.1. The first-order valence-electron chi connectivity index (χ1n) is 9.89. The molecule has 1 saturated heterocycles. The Morgan fingerprint density at radius 3 is 2.59 bits per heavy atom. The largest absolute Gasteiger partial charge is 0.371 e. The highest BCUT2D eigenvalue weighted by Gasteiger charge is 2.22. The van der Waals surface area contributed by atoms with Gasteiger partial charge in [0, 0.05) is 44.0 Å². The Labute approximate surface area is 170 Å². The van der Waals surface area contributed by atoms with Gasteiger partial charge in [-0.2, -0.15) is 0 Å². The zero-order valence-corrected chi connectivity index (χ0v) is 16.6. The van der Waals surface area contributed by atoms with E-state index in [2.05, 4.69) is 33.0 Å². The molecular formula is C22H27FN4O2. The SMILES string of the molecule is Cc1ccc(C(=O)NCCNC(=O)NCC2CCN(c3ccccc3)C2)cc1F. The number of anilines is 1. The molecule has 1 aliphatic heterocycles. The van der Waals surface area contributed by atoms with Crippen molar-refractivity contribution in [3.63, 3.8) is 0 Å². The second-order valence-electron chi connectivity index (χ2n) is 7.29. The third-order valence-corrected chi connectivity index (χ3v) is 5.09. The van der Waals surface area contributed by atoms with Crippen molar-refractivity contribution in [1.29, 1.82) is 0 Å². The predicted molar refractivity (Wildman–Crippen MR) is 112 cm³/mol. The second kappa shape index (κ2) is 9.91. The molecule has 0 radical (unpaired) electrons. The lowest BCUT2D eigenvalue weighted by Crippen LogP contribution is -2.42. The first-order valence-corrected chi connectivity index (χ1v) is 9.89. The molecule has 3 rings (SSSR count). The van der Waals surface area contributed by atoms with Gasteiger partial charge in [0.15, 0.2) is 0 Å². The van der Waals surface area contributed by atoms with Gasteiger partial charge in [0.05, 0.1) is 0 Å². The van der Waals surface area contributed by atoms with Crippen molar-refractivity contribution in [2.75, 3.05) is 37.6 Å². The molecule has 1 atom stereocenters. The van der Waals surface area contributed by atoms with Crippen LogP contribution in [0.4, 0.5) is 14.9 Å². The van der Waals surface area contributed by atoms with E-state index in [1.807, 2.05) is 18.2 Å². The molecule has 6 nitrogen and oxygen atoms in total. The topological polar surface area (TPSA) is 73.5 Å². The van der Waals surface area contributed by atoms with E-state index < -0.39 is 5.82 Å². The number of carbonyl (C=O) groups is 2. The zero-order chi connectivity index (χ0) is 20.6. The summed E-state index contributed by atoms with van der Waals surface area (Å²) < 4.78 is 13.5. The normalized spacial score (nSPS) is 15.8. The fraction of sp³-hybridized carbons (Fsp3) is 0.364. The fourth-order valence-electron chi connectivity index (χ4n) is 3.36. The molecule has 7 heteroatoms. The Hall–Kier alpha value is -3.09. The van der Waals surface area contributed by atoms with Crippen LogP contribution in [0, 0.1) is 18.7 Å². The van der Waals surface area contributed by atoms with Crippen LogP contribution in [0.2, 0.25) is 0 Å². The Bertz CT molecular complexity index is 844. The van der Waals surface area contributed by atoms with Gasteiger partial charge in [-0.25, -0.2) is 9.18 Å². The van der Waals surface area contributed by atoms with Crippen LogP contribution in [0.3, 0.4) is 0 Å². The van der Waals surface area contributed by atoms with Crippen molar-refractivity contribution in [2.24, 2.45) is 5.92 Å². The van der Waals surface area contributed by atoms with E-state index in [-0.39, 0.29) is 24.0 Å². The summed E-state index contributed by atoms with van der Waals surface area (Å²) in [5, 5.41) is 8.28. The summed E-state index contributed by atoms with van der Waals surface area (Å²) in [5.41, 5.74) is 1.97. The van der Waals surface area contributed by atoms with Crippen molar-refractivity contribution in [3.05, 3.63) is 65.5 Å². The van der Waals surface area contributed by atoms with Crippen LogP contribution in [-0.4, -0.2) is 44.7 Å². The minimum absolute atomic E-state index is 0.251. The standard InChI is InChI=1S/C22H27FN4O2/c1-16-7-8-18(13-20(16)23)21(28)24-10-11-25-22(29)26-14-17-9-12-27(15-17)19-5-3-2-4-6-19/h2-8,13,17H,9-12,14-15H2,1H3,(H,24,28)(H2,25,26,29). The second-order valence-corrected chi connectivity index (χ2v) is 7.29. The van der Waals surface area contributed by atoms with E-state index in [0.29, 0.717) is 24.6 Å². The number of halogens is 1. The molecule has 3 amide bonds. The fourth-order valence-corrected chi connectivity index (χ4v) is 3.36. The summed E-state index contributed by atoms with van der Waals surface area (Å²) in [6.45, 7) is 4.74. The number of nitrogens with one attached hydrogen (secondary N) is 3. The Kier molecular flexibility index (Phi) is 7.05. The van der Waals surface area contributed by atoms with E-state index in [1.54, 1.807) is 19.1 Å². The number of urea groups is 1. The number of hydrogen-bond acceptors (Lipinski definition) is 3. The van der Waals surface area contributed by atoms with Crippen LogP contribution in [0.5, 0.6) is 0 Å². The molecule has 0 spiro atoms. The van der Waals surface area contributed by atoms with E-state index >= 15 is 0 Å². The summed E-state index contributed by atoms with van der Waals surface area (Å²) in [7, 11) is 0. The number of benzene rings is 2. The third-order valence-electron chi connectivity index (χ3n) is 5.09. The summed E-state index contributed by atoms with van der Waals surface area (Å²) in [6.07, 6.45) is 1.04. The van der Waals surface area contributed by atoms with Gasteiger partial charge in [-0.1, -0.05) is 24.3 Å². The van der Waals surface area contributed by atoms with Gasteiger partial charge in [0.25, 0.3) is 5.91 Å². The molecule has 0 saturated carbocycles. The van der Waals surface area contributed by atoms with E-state index in [4.69, 9.17) is 0 Å². The maximum atomic E-state index is 13.5. The van der Waals surface area contributed by atoms with Crippen molar-refractivity contribution < 1.29 is 14.0 Å². The molecule has 1 unspecified atom stereocenters. The molecule has 3 N–H and O–H groups in total. The number of nitrogens with zero attached hydrogens (tertiary/aromatic N) is 1. The summed E-state index contributed by atoms with van der Waals surface area (Å²) in [5.74, 6) is -0.358. The van der Waals surface area contributed by atoms with Crippen molar-refractivity contribution in [2.45, 2.75) is 13.3 Å². The molecular weight excluding hydrogens is 371 g/mol. The number of carbonyl (C=O) groups excluding carboxylic acids is 2. The first kappa shape index (κ1) is 20.6. The molecule has 0 aromatic heterocycles. The van der Waals surface area contributed by atoms with Crippen molar-refractivity contribution in [3.8, 4) is 0 Å². The van der Waals surface area contributed by atoms with Crippen LogP contribution >= 0.6 is 0 Å². The smallest absolute Gasteiger partial charge is 0.314 e. The van der Waals surface area contributed by atoms with Crippen LogP contribution in [0.25, 0.3) is 0 Å². The molecule has 29 heavy (non-hydrogen) atoms. The maximum absolute atomic E-state index is 13.5. The lowest BCUT2D eigenvalue weighted by Gasteiger charge is -2.18. The Morgan fingerprint density at radius 2 is 1.83 bits per heavy atom. The van der Waals surface area contributed by atoms with Gasteiger partial charge >= 0.3 is 6.03 Å². The van der Waals surface area contributed by atoms with Gasteiger partial charge in [-0.05, 0) is 49.1 Å². The lowest BCUT2D eigenvalue weighted by molar-refractivity contribution is 0.0953. The molecule has 2 aromatic carbocycles. The van der Waals surface area contributed by atoms with Crippen LogP contribution < -0.4 is 20.9 Å². The van der Waals surface area contributed by atoms with Crippen LogP contribution in [0.15, 0.2) is 48.5 Å². The minimum atomic E-state index is -0.409. The zero-order valence-electron chi connectivity index (χ0n) is 16.6. The van der Waals surface area contributed by atoms with E-state index in [0.717, 1.165) is 19.5 Å². The van der Waals surface area contributed by atoms with Crippen molar-refractivity contribution >= 4 is 17.6 Å². The Balaban J connectivity index is 1.30. The number of hydrogen-bond donors (Lipinski definition) is 3. The van der Waals surface area contributed by atoms with E-state index in [1.165, 1.54) is 11.8 Å². The summed E-state index contributed by atoms with van der Waals surface area (Å²) in [4.78, 5) is 26.3. The van der Waals surface area contributed by atoms with Crippen molar-refractivity contribution in [1.82, 2.24) is 16.0 Å². The van der Waals surface area contributed by atoms with Crippen LogP contribution in [-0.2, 0) is 0 Å². The molecule has 1 heterocycles. The monoisotopic (exact) mass is 398 g/mol. The highest BCUT2D eigenvalue weighted by Crippen LogP contribution is 2.22. The van der Waals surface area contributed by atoms with Gasteiger partial charge in [0.1, 0.15) is 5.82 Å². The Morgan fingerprint density at radius 1 is 1.07 bits per heavy atom. The van der Waals surface area contributed by atoms with Gasteiger partial charge in [-0.15, -0.1) is 0 Å². The quantitative estimate of drug-likeness (QED) is 0.628. The molecule has 0 bridgehead atoms.